The summed E-state index contributed by atoms with van der Waals surface area (Å²) in [4.78, 5) is 26.0. The molecule has 0 radical (unpaired) electrons. The zero-order chi connectivity index (χ0) is 20.6. The van der Waals surface area contributed by atoms with Crippen molar-refractivity contribution in [2.24, 2.45) is 0 Å². The van der Waals surface area contributed by atoms with Crippen LogP contribution in [0.3, 0.4) is 0 Å². The molecule has 0 aromatic carbocycles. The summed E-state index contributed by atoms with van der Waals surface area (Å²) in [5.41, 5.74) is 2.88. The van der Waals surface area contributed by atoms with Crippen LogP contribution < -0.4 is 0 Å². The highest BCUT2D eigenvalue weighted by Crippen LogP contribution is 2.34. The summed E-state index contributed by atoms with van der Waals surface area (Å²) < 4.78 is 4.43. The lowest BCUT2D eigenvalue weighted by Gasteiger charge is -2.33. The number of hydrogen-bond donors (Lipinski definition) is 2. The number of hydrogen-bond acceptors (Lipinski definition) is 6. The van der Waals surface area contributed by atoms with Crippen molar-refractivity contribution >= 4 is 46.1 Å². The fourth-order valence-electron chi connectivity index (χ4n) is 3.40. The van der Waals surface area contributed by atoms with E-state index in [9.17, 15) is 9.90 Å². The first-order chi connectivity index (χ1) is 13.8. The molecule has 29 heavy (non-hydrogen) atoms. The number of fused-ring (bicyclic) bond motifs is 1. The van der Waals surface area contributed by atoms with Crippen LogP contribution in [0.1, 0.15) is 26.0 Å². The van der Waals surface area contributed by atoms with Gasteiger partial charge in [0.2, 0.25) is 0 Å². The van der Waals surface area contributed by atoms with E-state index in [2.05, 4.69) is 38.1 Å². The van der Waals surface area contributed by atoms with Crippen molar-refractivity contribution in [3.63, 3.8) is 0 Å². The highest BCUT2D eigenvalue weighted by atomic mass is 35.5. The lowest BCUT2D eigenvalue weighted by molar-refractivity contribution is -0.138. The number of rotatable bonds is 5. The highest BCUT2D eigenvalue weighted by Gasteiger charge is 2.30. The quantitative estimate of drug-likeness (QED) is 0.694. The molecule has 1 aliphatic carbocycles. The maximum atomic E-state index is 11.4. The van der Waals surface area contributed by atoms with Gasteiger partial charge in [0, 0.05) is 19.1 Å². The Kier molecular flexibility index (Phi) is 5.70. The van der Waals surface area contributed by atoms with Crippen molar-refractivity contribution in [2.75, 3.05) is 26.3 Å². The molecule has 0 saturated carbocycles. The summed E-state index contributed by atoms with van der Waals surface area (Å²) in [5, 5.41) is 10.4. The van der Waals surface area contributed by atoms with Crippen molar-refractivity contribution in [1.82, 2.24) is 19.9 Å². The van der Waals surface area contributed by atoms with Gasteiger partial charge in [-0.2, -0.15) is 0 Å². The molecule has 3 heterocycles. The lowest BCUT2D eigenvalue weighted by Crippen LogP contribution is -2.42. The van der Waals surface area contributed by atoms with Crippen LogP contribution in [0.25, 0.3) is 16.7 Å². The zero-order valence-electron chi connectivity index (χ0n) is 16.3. The van der Waals surface area contributed by atoms with Crippen LogP contribution in [0.4, 0.5) is 0 Å². The number of carboxylic acid groups (broad SMARTS) is 1. The summed E-state index contributed by atoms with van der Waals surface area (Å²) in [6.07, 6.45) is 7.33. The number of nitrogens with zero attached hydrogens (tertiary/aromatic N) is 3. The van der Waals surface area contributed by atoms with Crippen molar-refractivity contribution in [3.05, 3.63) is 35.0 Å². The number of carbonyl (C=O) groups is 1. The molecule has 154 valence electrons. The summed E-state index contributed by atoms with van der Waals surface area (Å²) in [7, 11) is 0. The number of ether oxygens (including phenoxy) is 1. The van der Waals surface area contributed by atoms with Gasteiger partial charge in [-0.1, -0.05) is 41.6 Å². The van der Waals surface area contributed by atoms with Gasteiger partial charge in [-0.15, -0.1) is 0 Å². The number of carboxylic acids is 1. The van der Waals surface area contributed by atoms with Gasteiger partial charge in [0.15, 0.2) is 10.8 Å². The van der Waals surface area contributed by atoms with E-state index in [4.69, 9.17) is 16.3 Å². The number of pyridine rings is 1. The second-order valence-corrected chi connectivity index (χ2v) is 9.64. The highest BCUT2D eigenvalue weighted by molar-refractivity contribution is 8.01. The molecule has 2 aliphatic rings. The molecule has 2 aromatic heterocycles. The fourth-order valence-corrected chi connectivity index (χ4v) is 4.52. The number of thioether (sulfide) groups is 1. The van der Waals surface area contributed by atoms with Crippen LogP contribution in [-0.2, 0) is 9.53 Å². The van der Waals surface area contributed by atoms with E-state index in [0.717, 1.165) is 50.1 Å². The predicted molar refractivity (Wildman–Crippen MR) is 114 cm³/mol. The molecule has 2 N–H and O–H groups in total. The Morgan fingerprint density at radius 2 is 2.14 bits per heavy atom. The Balaban J connectivity index is 1.55. The number of morpholine rings is 1. The average Bonchev–Trinajstić information content (AvgIpc) is 3.08. The third kappa shape index (κ3) is 4.35. The first kappa shape index (κ1) is 20.4. The fraction of sp³-hybridized carbons (Fsp3) is 0.450. The van der Waals surface area contributed by atoms with Crippen LogP contribution in [0.15, 0.2) is 29.5 Å². The van der Waals surface area contributed by atoms with E-state index < -0.39 is 10.7 Å². The minimum atomic E-state index is -0.996. The van der Waals surface area contributed by atoms with Gasteiger partial charge >= 0.3 is 5.97 Å². The number of aromatic nitrogens is 3. The molecule has 1 saturated heterocycles. The van der Waals surface area contributed by atoms with E-state index >= 15 is 0 Å². The molecule has 0 amide bonds. The van der Waals surface area contributed by atoms with E-state index in [0.29, 0.717) is 33.1 Å². The molecular formula is C20H23ClN4O3S. The predicted octanol–water partition coefficient (Wildman–Crippen LogP) is 3.61. The van der Waals surface area contributed by atoms with Crippen molar-refractivity contribution < 1.29 is 14.6 Å². The minimum absolute atomic E-state index is 0.372. The van der Waals surface area contributed by atoms with Crippen LogP contribution in [0, 0.1) is 0 Å². The van der Waals surface area contributed by atoms with E-state index in [1.54, 1.807) is 19.9 Å². The monoisotopic (exact) mass is 434 g/mol. The van der Waals surface area contributed by atoms with E-state index in [-0.39, 0.29) is 0 Å². The smallest absolute Gasteiger partial charge is 0.319 e. The number of H-pyrrole nitrogens is 1. The minimum Gasteiger partial charge on any atom is -0.480 e. The lowest BCUT2D eigenvalue weighted by atomic mass is 9.99. The Morgan fingerprint density at radius 3 is 2.79 bits per heavy atom. The summed E-state index contributed by atoms with van der Waals surface area (Å²) >= 11 is 7.65. The van der Waals surface area contributed by atoms with Gasteiger partial charge in [0.1, 0.15) is 4.75 Å². The molecule has 9 heteroatoms. The third-order valence-corrected chi connectivity index (χ3v) is 6.50. The molecule has 4 rings (SSSR count). The van der Waals surface area contributed by atoms with Gasteiger partial charge in [-0.05, 0) is 31.9 Å². The molecule has 2 aromatic rings. The third-order valence-electron chi connectivity index (χ3n) is 5.14. The van der Waals surface area contributed by atoms with Gasteiger partial charge in [0.25, 0.3) is 0 Å². The number of imidazole rings is 1. The van der Waals surface area contributed by atoms with Gasteiger partial charge in [-0.25, -0.2) is 9.97 Å². The standard InChI is InChI=1S/C20H23ClN4O3S/c1-20(2,18(26)27)29-19-22-15-11-14(21)16(23-17(15)24-19)12-3-5-13(6-4-12)25-7-9-28-10-8-25/h3-5,11,13H,6-10H2,1-2H3,(H,26,27)(H,22,23,24). The number of allylic oxidation sites excluding steroid dienone is 2. The molecule has 1 aliphatic heterocycles. The van der Waals surface area contributed by atoms with Crippen LogP contribution in [0.2, 0.25) is 5.02 Å². The molecule has 1 atom stereocenters. The molecule has 1 unspecified atom stereocenters. The summed E-state index contributed by atoms with van der Waals surface area (Å²) in [6.45, 7) is 6.74. The van der Waals surface area contributed by atoms with Crippen LogP contribution >= 0.6 is 23.4 Å². The molecule has 1 fully saturated rings. The first-order valence-electron chi connectivity index (χ1n) is 9.53. The second-order valence-electron chi connectivity index (χ2n) is 7.62. The Labute approximate surface area is 178 Å². The van der Waals surface area contributed by atoms with Crippen molar-refractivity contribution in [2.45, 2.75) is 36.2 Å². The molecular weight excluding hydrogens is 412 g/mol. The van der Waals surface area contributed by atoms with Crippen LogP contribution in [-0.4, -0.2) is 68.0 Å². The number of halogens is 1. The Morgan fingerprint density at radius 1 is 1.38 bits per heavy atom. The number of nitrogens with one attached hydrogen (secondary N) is 1. The molecule has 7 nitrogen and oxygen atoms in total. The zero-order valence-corrected chi connectivity index (χ0v) is 17.9. The Hall–Kier alpha value is -1.87. The number of aliphatic carboxylic acids is 1. The summed E-state index contributed by atoms with van der Waals surface area (Å²) in [5.74, 6) is -0.901. The maximum absolute atomic E-state index is 11.4. The maximum Gasteiger partial charge on any atom is 0.319 e. The van der Waals surface area contributed by atoms with Gasteiger partial charge < -0.3 is 14.8 Å². The van der Waals surface area contributed by atoms with Crippen LogP contribution in [0.5, 0.6) is 0 Å². The van der Waals surface area contributed by atoms with E-state index in [1.807, 2.05) is 0 Å². The molecule has 0 spiro atoms. The van der Waals surface area contributed by atoms with E-state index in [1.165, 1.54) is 0 Å². The Bertz CT molecular complexity index is 995. The number of aromatic amines is 1. The summed E-state index contributed by atoms with van der Waals surface area (Å²) in [6, 6.07) is 2.17. The second kappa shape index (κ2) is 8.10. The van der Waals surface area contributed by atoms with Crippen molar-refractivity contribution in [3.8, 4) is 0 Å². The molecule has 0 bridgehead atoms. The largest absolute Gasteiger partial charge is 0.480 e. The normalized spacial score (nSPS) is 20.8. The van der Waals surface area contributed by atoms with Crippen molar-refractivity contribution in [1.29, 1.82) is 0 Å². The topological polar surface area (TPSA) is 91.3 Å². The average molecular weight is 435 g/mol. The van der Waals surface area contributed by atoms with Gasteiger partial charge in [0.05, 0.1) is 29.4 Å². The van der Waals surface area contributed by atoms with Gasteiger partial charge in [-0.3, -0.25) is 9.69 Å². The SMILES string of the molecule is CC(C)(Sc1nc2nc(C3=CCC(N4CCOCC4)C=C3)c(Cl)cc2[nH]1)C(=O)O. The first-order valence-corrected chi connectivity index (χ1v) is 10.7.